The molecule has 78 valence electrons. The second-order valence-corrected chi connectivity index (χ2v) is 3.04. The van der Waals surface area contributed by atoms with Gasteiger partial charge in [0.05, 0.1) is 0 Å². The summed E-state index contributed by atoms with van der Waals surface area (Å²) in [6, 6.07) is 5.43. The highest BCUT2D eigenvalue weighted by molar-refractivity contribution is 5.32. The van der Waals surface area contributed by atoms with Gasteiger partial charge in [-0.05, 0) is 18.1 Å². The molecule has 1 aliphatic carbocycles. The van der Waals surface area contributed by atoms with Gasteiger partial charge in [-0.15, -0.1) is 0 Å². The molecule has 0 aliphatic heterocycles. The third-order valence-corrected chi connectivity index (χ3v) is 1.55. The van der Waals surface area contributed by atoms with Crippen LogP contribution in [0, 0.1) is 5.92 Å². The summed E-state index contributed by atoms with van der Waals surface area (Å²) in [5, 5.41) is 6.89. The Morgan fingerprint density at radius 2 is 2.07 bits per heavy atom. The minimum Gasteiger partial charge on any atom is -0.483 e. The fourth-order valence-corrected chi connectivity index (χ4v) is 0.543. The molecule has 3 N–H and O–H groups in total. The first-order valence-electron chi connectivity index (χ1n) is 4.45. The van der Waals surface area contributed by atoms with Crippen LogP contribution in [0.25, 0.3) is 0 Å². The molecule has 0 unspecified atom stereocenters. The average Bonchev–Trinajstić information content (AvgIpc) is 2.91. The number of pyridine rings is 1. The Balaban J connectivity index is 0.000000206. The van der Waals surface area contributed by atoms with E-state index in [-0.39, 0.29) is 6.47 Å². The summed E-state index contributed by atoms with van der Waals surface area (Å²) in [6.45, 7) is 2.03. The number of nitrogens with two attached hydrogens (primary N) is 1. The lowest BCUT2D eigenvalue weighted by Crippen LogP contribution is -1.85. The van der Waals surface area contributed by atoms with Gasteiger partial charge in [0.2, 0.25) is 0 Å². The van der Waals surface area contributed by atoms with Crippen molar-refractivity contribution in [3.05, 3.63) is 24.4 Å². The van der Waals surface area contributed by atoms with Gasteiger partial charge in [0.25, 0.3) is 6.47 Å². The normalized spacial score (nSPS) is 12.6. The number of carbonyl (C=O) groups is 1. The molecule has 0 bridgehead atoms. The molecule has 1 aliphatic rings. The second kappa shape index (κ2) is 8.04. The standard InChI is InChI=1S/C5H6N2.C4H8.CH2O2/c6-5-3-1-2-4-7-5;1-4-2-3-4;2-1-3/h1-4H,(H2,6,7);4H,2-3H2,1H3;1H,(H,2,3). The molecule has 0 radical (unpaired) electrons. The van der Waals surface area contributed by atoms with Gasteiger partial charge >= 0.3 is 0 Å². The lowest BCUT2D eigenvalue weighted by atomic mass is 10.5. The van der Waals surface area contributed by atoms with Crippen molar-refractivity contribution < 1.29 is 9.90 Å². The van der Waals surface area contributed by atoms with E-state index in [0.717, 1.165) is 5.92 Å². The van der Waals surface area contributed by atoms with Gasteiger partial charge in [-0.2, -0.15) is 0 Å². The fourth-order valence-electron chi connectivity index (χ4n) is 0.543. The first kappa shape index (κ1) is 12.4. The topological polar surface area (TPSA) is 76.2 Å². The number of anilines is 1. The number of nitrogens with zero attached hydrogens (tertiary/aromatic N) is 1. The molecule has 1 saturated carbocycles. The highest BCUT2D eigenvalue weighted by Crippen LogP contribution is 2.26. The average molecular weight is 196 g/mol. The number of aromatic nitrogens is 1. The molecular formula is C10H16N2O2. The van der Waals surface area contributed by atoms with E-state index in [1.807, 2.05) is 12.1 Å². The highest BCUT2D eigenvalue weighted by atomic mass is 16.3. The molecule has 0 aromatic carbocycles. The third-order valence-electron chi connectivity index (χ3n) is 1.55. The predicted molar refractivity (Wildman–Crippen MR) is 55.7 cm³/mol. The molecule has 14 heavy (non-hydrogen) atoms. The summed E-state index contributed by atoms with van der Waals surface area (Å²) in [6.07, 6.45) is 4.63. The van der Waals surface area contributed by atoms with Gasteiger partial charge < -0.3 is 10.8 Å². The lowest BCUT2D eigenvalue weighted by molar-refractivity contribution is -0.122. The highest BCUT2D eigenvalue weighted by Gasteiger charge is 2.12. The largest absolute Gasteiger partial charge is 0.483 e. The molecule has 1 aromatic rings. The SMILES string of the molecule is CC1CC1.Nc1ccccn1.O=CO. The van der Waals surface area contributed by atoms with E-state index in [0.29, 0.717) is 5.82 Å². The Bertz CT molecular complexity index is 235. The second-order valence-electron chi connectivity index (χ2n) is 3.04. The van der Waals surface area contributed by atoms with Gasteiger partial charge in [-0.25, -0.2) is 4.98 Å². The first-order chi connectivity index (χ1) is 6.70. The van der Waals surface area contributed by atoms with E-state index >= 15 is 0 Å². The zero-order valence-corrected chi connectivity index (χ0v) is 8.26. The van der Waals surface area contributed by atoms with Crippen molar-refractivity contribution in [2.45, 2.75) is 19.8 Å². The summed E-state index contributed by atoms with van der Waals surface area (Å²) in [4.78, 5) is 12.1. The molecule has 4 heteroatoms. The van der Waals surface area contributed by atoms with Crippen molar-refractivity contribution in [2.75, 3.05) is 5.73 Å². The van der Waals surface area contributed by atoms with E-state index in [1.165, 1.54) is 12.8 Å². The zero-order chi connectivity index (χ0) is 10.8. The van der Waals surface area contributed by atoms with Gasteiger partial charge in [-0.1, -0.05) is 25.8 Å². The Hall–Kier alpha value is -1.58. The number of rotatable bonds is 0. The van der Waals surface area contributed by atoms with Crippen LogP contribution in [0.1, 0.15) is 19.8 Å². The van der Waals surface area contributed by atoms with Crippen molar-refractivity contribution in [1.29, 1.82) is 0 Å². The molecule has 1 aromatic heterocycles. The van der Waals surface area contributed by atoms with Crippen LogP contribution in [0.4, 0.5) is 5.82 Å². The Kier molecular flexibility index (Phi) is 7.13. The van der Waals surface area contributed by atoms with Crippen molar-refractivity contribution in [3.8, 4) is 0 Å². The molecule has 2 rings (SSSR count). The lowest BCUT2D eigenvalue weighted by Gasteiger charge is -1.82. The van der Waals surface area contributed by atoms with Crippen LogP contribution in [0.5, 0.6) is 0 Å². The quantitative estimate of drug-likeness (QED) is 0.620. The molecule has 1 fully saturated rings. The smallest absolute Gasteiger partial charge is 0.290 e. The number of hydrogen-bond donors (Lipinski definition) is 2. The van der Waals surface area contributed by atoms with Crippen LogP contribution < -0.4 is 5.73 Å². The van der Waals surface area contributed by atoms with E-state index < -0.39 is 0 Å². The Labute approximate surface area is 83.8 Å². The van der Waals surface area contributed by atoms with Crippen LogP contribution >= 0.6 is 0 Å². The molecule has 0 spiro atoms. The monoisotopic (exact) mass is 196 g/mol. The van der Waals surface area contributed by atoms with Crippen molar-refractivity contribution in [3.63, 3.8) is 0 Å². The molecule has 0 atom stereocenters. The number of carboxylic acid groups (broad SMARTS) is 1. The molecule has 0 amide bonds. The third kappa shape index (κ3) is 10.4. The minimum atomic E-state index is -0.250. The minimum absolute atomic E-state index is 0.250. The maximum atomic E-state index is 8.36. The molecule has 1 heterocycles. The predicted octanol–water partition coefficient (Wildman–Crippen LogP) is 1.78. The van der Waals surface area contributed by atoms with E-state index in [2.05, 4.69) is 11.9 Å². The summed E-state index contributed by atoms with van der Waals surface area (Å²) in [7, 11) is 0. The summed E-state index contributed by atoms with van der Waals surface area (Å²) < 4.78 is 0. The Morgan fingerprint density at radius 3 is 2.21 bits per heavy atom. The van der Waals surface area contributed by atoms with Crippen molar-refractivity contribution >= 4 is 12.3 Å². The summed E-state index contributed by atoms with van der Waals surface area (Å²) in [5.41, 5.74) is 5.25. The first-order valence-corrected chi connectivity index (χ1v) is 4.45. The number of hydrogen-bond acceptors (Lipinski definition) is 3. The summed E-state index contributed by atoms with van der Waals surface area (Å²) >= 11 is 0. The molecular weight excluding hydrogens is 180 g/mol. The van der Waals surface area contributed by atoms with Crippen LogP contribution in [-0.2, 0) is 4.79 Å². The van der Waals surface area contributed by atoms with Crippen molar-refractivity contribution in [1.82, 2.24) is 4.98 Å². The van der Waals surface area contributed by atoms with Crippen LogP contribution in [-0.4, -0.2) is 16.6 Å². The van der Waals surface area contributed by atoms with Gasteiger partial charge in [0.1, 0.15) is 5.82 Å². The Morgan fingerprint density at radius 1 is 1.57 bits per heavy atom. The molecule has 0 saturated heterocycles. The van der Waals surface area contributed by atoms with E-state index in [4.69, 9.17) is 15.6 Å². The van der Waals surface area contributed by atoms with Gasteiger partial charge in [-0.3, -0.25) is 4.79 Å². The zero-order valence-electron chi connectivity index (χ0n) is 8.26. The van der Waals surface area contributed by atoms with E-state index in [9.17, 15) is 0 Å². The van der Waals surface area contributed by atoms with Crippen LogP contribution in [0.15, 0.2) is 24.4 Å². The molecule has 4 nitrogen and oxygen atoms in total. The number of nitrogen functional groups attached to an aromatic ring is 1. The van der Waals surface area contributed by atoms with Gasteiger partial charge in [0.15, 0.2) is 0 Å². The van der Waals surface area contributed by atoms with Crippen LogP contribution in [0.3, 0.4) is 0 Å². The van der Waals surface area contributed by atoms with Gasteiger partial charge in [0, 0.05) is 6.20 Å². The fraction of sp³-hybridized carbons (Fsp3) is 0.400. The summed E-state index contributed by atoms with van der Waals surface area (Å²) in [5.74, 6) is 1.66. The van der Waals surface area contributed by atoms with E-state index in [1.54, 1.807) is 12.3 Å². The maximum Gasteiger partial charge on any atom is 0.290 e. The van der Waals surface area contributed by atoms with Crippen molar-refractivity contribution in [2.24, 2.45) is 5.92 Å². The van der Waals surface area contributed by atoms with Crippen LogP contribution in [0.2, 0.25) is 0 Å². The maximum absolute atomic E-state index is 8.36.